The number of amides is 1. The van der Waals surface area contributed by atoms with Crippen molar-refractivity contribution >= 4 is 29.1 Å². The normalized spacial score (nSPS) is 17.0. The van der Waals surface area contributed by atoms with E-state index in [2.05, 4.69) is 0 Å². The smallest absolute Gasteiger partial charge is 0.308 e. The van der Waals surface area contributed by atoms with Gasteiger partial charge in [0.05, 0.1) is 23.7 Å². The summed E-state index contributed by atoms with van der Waals surface area (Å²) in [7, 11) is 0. The molecule has 0 bridgehead atoms. The van der Waals surface area contributed by atoms with Gasteiger partial charge in [-0.2, -0.15) is 0 Å². The van der Waals surface area contributed by atoms with Crippen molar-refractivity contribution in [2.24, 2.45) is 5.92 Å². The van der Waals surface area contributed by atoms with Gasteiger partial charge in [-0.25, -0.2) is 4.98 Å². The number of aromatic nitrogens is 2. The van der Waals surface area contributed by atoms with E-state index in [-0.39, 0.29) is 18.9 Å². The van der Waals surface area contributed by atoms with Crippen molar-refractivity contribution < 1.29 is 14.7 Å². The van der Waals surface area contributed by atoms with Gasteiger partial charge in [0, 0.05) is 29.9 Å². The minimum atomic E-state index is -0.839. The Kier molecular flexibility index (Phi) is 5.05. The highest BCUT2D eigenvalue weighted by Crippen LogP contribution is 2.27. The predicted octanol–water partition coefficient (Wildman–Crippen LogP) is 3.52. The number of carbonyl (C=O) groups is 2. The zero-order valence-electron chi connectivity index (χ0n) is 15.2. The van der Waals surface area contributed by atoms with Crippen LogP contribution in [0.1, 0.15) is 18.5 Å². The monoisotopic (exact) mass is 397 g/mol. The van der Waals surface area contributed by atoms with Gasteiger partial charge in [0.15, 0.2) is 0 Å². The third kappa shape index (κ3) is 3.60. The number of hydrogen-bond acceptors (Lipinski definition) is 3. The highest BCUT2D eigenvalue weighted by molar-refractivity contribution is 6.30. The number of carboxylic acids is 1. The fourth-order valence-electron chi connectivity index (χ4n) is 3.71. The number of rotatable bonds is 4. The Morgan fingerprint density at radius 3 is 2.71 bits per heavy atom. The van der Waals surface area contributed by atoms with E-state index in [1.165, 1.54) is 0 Å². The second-order valence-corrected chi connectivity index (χ2v) is 7.47. The van der Waals surface area contributed by atoms with Crippen molar-refractivity contribution in [1.82, 2.24) is 14.3 Å². The van der Waals surface area contributed by atoms with Gasteiger partial charge in [-0.3, -0.25) is 9.59 Å². The lowest BCUT2D eigenvalue weighted by Crippen LogP contribution is -2.43. The van der Waals surface area contributed by atoms with Gasteiger partial charge < -0.3 is 14.4 Å². The second-order valence-electron chi connectivity index (χ2n) is 7.04. The summed E-state index contributed by atoms with van der Waals surface area (Å²) < 4.78 is 1.92. The maximum absolute atomic E-state index is 13.0. The second kappa shape index (κ2) is 7.64. The van der Waals surface area contributed by atoms with E-state index in [0.29, 0.717) is 24.4 Å². The molecular weight excluding hydrogens is 378 g/mol. The van der Waals surface area contributed by atoms with Crippen molar-refractivity contribution in [2.45, 2.75) is 19.3 Å². The van der Waals surface area contributed by atoms with Crippen molar-refractivity contribution in [3.05, 3.63) is 59.4 Å². The van der Waals surface area contributed by atoms with Crippen LogP contribution in [0.15, 0.2) is 48.7 Å². The Bertz CT molecular complexity index is 1030. The van der Waals surface area contributed by atoms with Gasteiger partial charge in [-0.1, -0.05) is 29.8 Å². The molecule has 144 valence electrons. The van der Waals surface area contributed by atoms with Gasteiger partial charge in [0.2, 0.25) is 5.91 Å². The van der Waals surface area contributed by atoms with E-state index < -0.39 is 11.9 Å². The van der Waals surface area contributed by atoms with E-state index in [0.717, 1.165) is 22.6 Å². The molecule has 3 heterocycles. The molecule has 1 unspecified atom stereocenters. The lowest BCUT2D eigenvalue weighted by Gasteiger charge is -2.30. The number of nitrogens with zero attached hydrogens (tertiary/aromatic N) is 3. The van der Waals surface area contributed by atoms with Gasteiger partial charge in [0.1, 0.15) is 5.65 Å². The Morgan fingerprint density at radius 1 is 1.18 bits per heavy atom. The Balaban J connectivity index is 1.67. The summed E-state index contributed by atoms with van der Waals surface area (Å²) in [5.74, 6) is -1.41. The zero-order chi connectivity index (χ0) is 19.7. The molecule has 1 aromatic carbocycles. The van der Waals surface area contributed by atoms with Crippen LogP contribution in [0.3, 0.4) is 0 Å². The Labute approximate surface area is 167 Å². The standard InChI is InChI=1S/C21H20ClN3O3/c22-16-8-6-14(7-9-16)20-17(25-11-2-1-5-18(25)23-20)12-19(26)24-10-3-4-15(13-24)21(27)28/h1-2,5-9,11,15H,3-4,10,12-13H2,(H,27,28). The molecule has 0 aliphatic carbocycles. The van der Waals surface area contributed by atoms with E-state index >= 15 is 0 Å². The van der Waals surface area contributed by atoms with Crippen molar-refractivity contribution in [3.8, 4) is 11.3 Å². The summed E-state index contributed by atoms with van der Waals surface area (Å²) in [6.07, 6.45) is 3.38. The molecule has 1 amide bonds. The van der Waals surface area contributed by atoms with Crippen LogP contribution in [-0.4, -0.2) is 44.4 Å². The van der Waals surface area contributed by atoms with Crippen LogP contribution < -0.4 is 0 Å². The number of carboxylic acid groups (broad SMARTS) is 1. The lowest BCUT2D eigenvalue weighted by molar-refractivity contribution is -0.145. The van der Waals surface area contributed by atoms with Crippen LogP contribution in [0.4, 0.5) is 0 Å². The highest BCUT2D eigenvalue weighted by atomic mass is 35.5. The van der Waals surface area contributed by atoms with Crippen molar-refractivity contribution in [2.75, 3.05) is 13.1 Å². The first-order chi connectivity index (χ1) is 13.5. The minimum absolute atomic E-state index is 0.0770. The fourth-order valence-corrected chi connectivity index (χ4v) is 3.84. The molecule has 0 saturated carbocycles. The maximum Gasteiger partial charge on any atom is 0.308 e. The lowest BCUT2D eigenvalue weighted by atomic mass is 9.98. The Hall–Kier alpha value is -2.86. The largest absolute Gasteiger partial charge is 0.481 e. The van der Waals surface area contributed by atoms with E-state index in [1.807, 2.05) is 40.9 Å². The summed E-state index contributed by atoms with van der Waals surface area (Å²) in [4.78, 5) is 30.7. The van der Waals surface area contributed by atoms with Gasteiger partial charge in [0.25, 0.3) is 0 Å². The third-order valence-corrected chi connectivity index (χ3v) is 5.44. The highest BCUT2D eigenvalue weighted by Gasteiger charge is 2.29. The van der Waals surface area contributed by atoms with E-state index in [1.54, 1.807) is 17.0 Å². The molecule has 1 aliphatic rings. The molecule has 3 aromatic rings. The number of likely N-dealkylation sites (tertiary alicyclic amines) is 1. The number of halogens is 1. The molecule has 0 spiro atoms. The van der Waals surface area contributed by atoms with Crippen molar-refractivity contribution in [3.63, 3.8) is 0 Å². The van der Waals surface area contributed by atoms with Crippen LogP contribution in [-0.2, 0) is 16.0 Å². The fraction of sp³-hybridized carbons (Fsp3) is 0.286. The first-order valence-electron chi connectivity index (χ1n) is 9.25. The summed E-state index contributed by atoms with van der Waals surface area (Å²) in [5, 5.41) is 9.93. The first kappa shape index (κ1) is 18.5. The molecule has 28 heavy (non-hydrogen) atoms. The number of hydrogen-bond donors (Lipinski definition) is 1. The topological polar surface area (TPSA) is 74.9 Å². The summed E-state index contributed by atoms with van der Waals surface area (Å²) >= 11 is 6.01. The third-order valence-electron chi connectivity index (χ3n) is 5.19. The maximum atomic E-state index is 13.0. The van der Waals surface area contributed by atoms with Crippen LogP contribution >= 0.6 is 11.6 Å². The number of imidazole rings is 1. The molecule has 1 fully saturated rings. The average Bonchev–Trinajstić information content (AvgIpc) is 3.07. The van der Waals surface area contributed by atoms with Gasteiger partial charge in [-0.05, 0) is 37.1 Å². The first-order valence-corrected chi connectivity index (χ1v) is 9.63. The van der Waals surface area contributed by atoms with Crippen LogP contribution in [0, 0.1) is 5.92 Å². The van der Waals surface area contributed by atoms with Crippen LogP contribution in [0.25, 0.3) is 16.9 Å². The van der Waals surface area contributed by atoms with Crippen LogP contribution in [0.5, 0.6) is 0 Å². The number of pyridine rings is 1. The van der Waals surface area contributed by atoms with Crippen LogP contribution in [0.2, 0.25) is 5.02 Å². The van der Waals surface area contributed by atoms with E-state index in [4.69, 9.17) is 16.6 Å². The van der Waals surface area contributed by atoms with Gasteiger partial charge in [-0.15, -0.1) is 0 Å². The molecule has 2 aromatic heterocycles. The van der Waals surface area contributed by atoms with Crippen molar-refractivity contribution in [1.29, 1.82) is 0 Å². The number of benzene rings is 1. The molecule has 1 aliphatic heterocycles. The zero-order valence-corrected chi connectivity index (χ0v) is 16.0. The molecule has 7 heteroatoms. The SMILES string of the molecule is O=C(O)C1CCCN(C(=O)Cc2c(-c3ccc(Cl)cc3)nc3ccccn23)C1. The quantitative estimate of drug-likeness (QED) is 0.730. The molecule has 1 saturated heterocycles. The predicted molar refractivity (Wildman–Crippen MR) is 106 cm³/mol. The summed E-state index contributed by atoms with van der Waals surface area (Å²) in [6, 6.07) is 13.1. The molecule has 6 nitrogen and oxygen atoms in total. The summed E-state index contributed by atoms with van der Waals surface area (Å²) in [6.45, 7) is 0.858. The summed E-state index contributed by atoms with van der Waals surface area (Å²) in [5.41, 5.74) is 3.18. The number of aliphatic carboxylic acids is 1. The van der Waals surface area contributed by atoms with E-state index in [9.17, 15) is 14.7 Å². The Morgan fingerprint density at radius 2 is 1.96 bits per heavy atom. The molecule has 0 radical (unpaired) electrons. The molecule has 4 rings (SSSR count). The number of carbonyl (C=O) groups excluding carboxylic acids is 1. The van der Waals surface area contributed by atoms with Gasteiger partial charge >= 0.3 is 5.97 Å². The molecule has 1 N–H and O–H groups in total. The number of fused-ring (bicyclic) bond motifs is 1. The number of piperidine rings is 1. The molecule has 1 atom stereocenters. The molecular formula is C21H20ClN3O3. The average molecular weight is 398 g/mol. The minimum Gasteiger partial charge on any atom is -0.481 e.